The molecule has 19 heteroatoms. The Hall–Kier alpha value is -1.94. The van der Waals surface area contributed by atoms with Crippen LogP contribution in [0.5, 0.6) is 0 Å². The van der Waals surface area contributed by atoms with Crippen molar-refractivity contribution in [2.45, 2.75) is 523 Å². The van der Waals surface area contributed by atoms with E-state index in [1.807, 2.05) is 0 Å². The SMILES string of the molecule is CCCCCCCCCCCCCCCC(=O)OC[C@H](COP(=O)(O)OC[C@H](O)COP(=O)(O)OC[C@@H](COC(=O)CCCCCCCCCCCCCCCCCCCCC(C)C)OC(=O)CCCCCCCCCCCCCCCCCCCCC(C)C)OC(=O)CCCCCCCCCCCCCCCCCC(C)C. The van der Waals surface area contributed by atoms with Gasteiger partial charge < -0.3 is 33.8 Å². The number of hydrogen-bond acceptors (Lipinski definition) is 15. The van der Waals surface area contributed by atoms with Gasteiger partial charge in [-0.3, -0.25) is 37.3 Å². The molecule has 0 radical (unpaired) electrons. The van der Waals surface area contributed by atoms with Crippen LogP contribution in [0.15, 0.2) is 0 Å². The summed E-state index contributed by atoms with van der Waals surface area (Å²) in [4.78, 5) is 73.5. The number of rotatable bonds is 92. The van der Waals surface area contributed by atoms with Gasteiger partial charge in [-0.15, -0.1) is 0 Å². The van der Waals surface area contributed by atoms with E-state index in [-0.39, 0.29) is 25.7 Å². The number of hydrogen-bond donors (Lipinski definition) is 3. The van der Waals surface area contributed by atoms with Gasteiger partial charge in [0.15, 0.2) is 12.2 Å². The molecule has 0 saturated carbocycles. The summed E-state index contributed by atoms with van der Waals surface area (Å²) in [6.07, 6.45) is 77.8. The van der Waals surface area contributed by atoms with Crippen LogP contribution in [0.2, 0.25) is 0 Å². The number of carbonyl (C=O) groups excluding carboxylic acids is 4. The molecule has 0 aliphatic rings. The number of phosphoric acid groups is 2. The van der Waals surface area contributed by atoms with E-state index in [4.69, 9.17) is 37.0 Å². The molecule has 0 aromatic rings. The summed E-state index contributed by atoms with van der Waals surface area (Å²) in [6, 6.07) is 0. The zero-order valence-electron chi connectivity index (χ0n) is 74.9. The molecule has 0 aliphatic heterocycles. The standard InChI is InChI=1S/C94H184O17P2/c1-8-9-10-11-12-13-14-30-40-47-54-61-68-75-91(96)104-81-89(110-94(99)78-71-64-57-50-43-36-29-23-26-33-39-46-53-60-67-74-87(6)7)83-108-112(100,101)106-79-88(95)80-107-113(102,103)109-84-90(111-93(98)77-70-63-56-49-42-35-28-22-18-16-20-25-32-38-45-52-59-66-73-86(4)5)82-105-92(97)76-69-62-55-48-41-34-27-21-17-15-19-24-31-37-44-51-58-65-72-85(2)3/h85-90,95H,8-84H2,1-7H3,(H,100,101)(H,102,103)/t88-,89+,90+/m0/s1. The Morgan fingerprint density at radius 3 is 0.602 bits per heavy atom. The van der Waals surface area contributed by atoms with Crippen LogP contribution in [-0.4, -0.2) is 96.7 Å². The van der Waals surface area contributed by atoms with Crippen molar-refractivity contribution in [1.29, 1.82) is 0 Å². The first-order valence-corrected chi connectivity index (χ1v) is 51.3. The van der Waals surface area contributed by atoms with E-state index in [1.54, 1.807) is 0 Å². The molecule has 0 amide bonds. The van der Waals surface area contributed by atoms with E-state index in [0.717, 1.165) is 108 Å². The lowest BCUT2D eigenvalue weighted by Crippen LogP contribution is -2.30. The normalized spacial score (nSPS) is 13.7. The molecule has 3 N–H and O–H groups in total. The average Bonchev–Trinajstić information content (AvgIpc) is 0.896. The van der Waals surface area contributed by atoms with Gasteiger partial charge in [0.05, 0.1) is 26.4 Å². The number of phosphoric ester groups is 2. The second-order valence-electron chi connectivity index (χ2n) is 35.2. The zero-order chi connectivity index (χ0) is 82.9. The van der Waals surface area contributed by atoms with Crippen molar-refractivity contribution in [1.82, 2.24) is 0 Å². The maximum Gasteiger partial charge on any atom is 0.472 e. The van der Waals surface area contributed by atoms with Gasteiger partial charge in [-0.25, -0.2) is 9.13 Å². The molecule has 0 rings (SSSR count). The largest absolute Gasteiger partial charge is 0.472 e. The molecule has 0 saturated heterocycles. The molecule has 0 aliphatic carbocycles. The van der Waals surface area contributed by atoms with Crippen molar-refractivity contribution in [2.75, 3.05) is 39.6 Å². The smallest absolute Gasteiger partial charge is 0.462 e. The Labute approximate surface area is 696 Å². The minimum Gasteiger partial charge on any atom is -0.462 e. The molecular formula is C94H184O17P2. The number of carbonyl (C=O) groups is 4. The van der Waals surface area contributed by atoms with Gasteiger partial charge in [0, 0.05) is 25.7 Å². The van der Waals surface area contributed by atoms with E-state index < -0.39 is 97.5 Å². The van der Waals surface area contributed by atoms with Gasteiger partial charge in [0.2, 0.25) is 0 Å². The topological polar surface area (TPSA) is 237 Å². The van der Waals surface area contributed by atoms with Gasteiger partial charge in [-0.2, -0.15) is 0 Å². The molecule has 0 aromatic heterocycles. The summed E-state index contributed by atoms with van der Waals surface area (Å²) in [6.45, 7) is 12.1. The molecule has 2 unspecified atom stereocenters. The van der Waals surface area contributed by atoms with E-state index >= 15 is 0 Å². The van der Waals surface area contributed by atoms with E-state index in [9.17, 15) is 43.2 Å². The Balaban J connectivity index is 5.26. The lowest BCUT2D eigenvalue weighted by atomic mass is 10.0. The Morgan fingerprint density at radius 1 is 0.239 bits per heavy atom. The van der Waals surface area contributed by atoms with Crippen LogP contribution in [0.1, 0.15) is 504 Å². The summed E-state index contributed by atoms with van der Waals surface area (Å²) in [5, 5.41) is 10.7. The van der Waals surface area contributed by atoms with Gasteiger partial charge in [0.25, 0.3) is 0 Å². The van der Waals surface area contributed by atoms with Crippen LogP contribution in [0.4, 0.5) is 0 Å². The third-order valence-electron chi connectivity index (χ3n) is 22.1. The van der Waals surface area contributed by atoms with Crippen molar-refractivity contribution < 1.29 is 80.2 Å². The van der Waals surface area contributed by atoms with Crippen molar-refractivity contribution in [3.8, 4) is 0 Å². The van der Waals surface area contributed by atoms with Gasteiger partial charge in [-0.05, 0) is 43.4 Å². The molecule has 17 nitrogen and oxygen atoms in total. The Bertz CT molecular complexity index is 2170. The maximum atomic E-state index is 13.2. The lowest BCUT2D eigenvalue weighted by Gasteiger charge is -2.21. The fourth-order valence-electron chi connectivity index (χ4n) is 14.8. The van der Waals surface area contributed by atoms with Crippen LogP contribution in [0, 0.1) is 17.8 Å². The lowest BCUT2D eigenvalue weighted by molar-refractivity contribution is -0.161. The minimum atomic E-state index is -4.97. The van der Waals surface area contributed by atoms with E-state index in [1.165, 1.54) is 315 Å². The van der Waals surface area contributed by atoms with Crippen molar-refractivity contribution in [2.24, 2.45) is 17.8 Å². The van der Waals surface area contributed by atoms with Crippen LogP contribution in [0.3, 0.4) is 0 Å². The summed E-state index contributed by atoms with van der Waals surface area (Å²) in [5.74, 6) is 0.354. The predicted octanol–water partition coefficient (Wildman–Crippen LogP) is 29.2. The second kappa shape index (κ2) is 83.7. The van der Waals surface area contributed by atoms with Crippen molar-refractivity contribution in [3.05, 3.63) is 0 Å². The molecule has 0 spiro atoms. The van der Waals surface area contributed by atoms with E-state index in [2.05, 4.69) is 48.5 Å². The van der Waals surface area contributed by atoms with Crippen LogP contribution in [0.25, 0.3) is 0 Å². The molecule has 0 aromatic carbocycles. The van der Waals surface area contributed by atoms with Crippen molar-refractivity contribution >= 4 is 39.5 Å². The molecule has 672 valence electrons. The third kappa shape index (κ3) is 87.7. The molecule has 0 heterocycles. The quantitative estimate of drug-likeness (QED) is 0.0222. The first kappa shape index (κ1) is 111. The molecule has 5 atom stereocenters. The highest BCUT2D eigenvalue weighted by molar-refractivity contribution is 7.47. The van der Waals surface area contributed by atoms with Crippen LogP contribution < -0.4 is 0 Å². The highest BCUT2D eigenvalue weighted by Crippen LogP contribution is 2.45. The van der Waals surface area contributed by atoms with Gasteiger partial charge in [0.1, 0.15) is 19.3 Å². The number of esters is 4. The van der Waals surface area contributed by atoms with Gasteiger partial charge in [-0.1, -0.05) is 453 Å². The highest BCUT2D eigenvalue weighted by Gasteiger charge is 2.31. The van der Waals surface area contributed by atoms with Crippen LogP contribution >= 0.6 is 15.6 Å². The summed E-state index contributed by atoms with van der Waals surface area (Å²) < 4.78 is 69.2. The fraction of sp³-hybridized carbons (Fsp3) is 0.957. The summed E-state index contributed by atoms with van der Waals surface area (Å²) in [5.41, 5.74) is 0. The fourth-order valence-corrected chi connectivity index (χ4v) is 16.4. The summed E-state index contributed by atoms with van der Waals surface area (Å²) >= 11 is 0. The zero-order valence-corrected chi connectivity index (χ0v) is 76.7. The monoisotopic (exact) mass is 1650 g/mol. The molecule has 0 bridgehead atoms. The first-order valence-electron chi connectivity index (χ1n) is 48.3. The highest BCUT2D eigenvalue weighted by atomic mass is 31.2. The number of ether oxygens (including phenoxy) is 4. The van der Waals surface area contributed by atoms with Crippen LogP contribution in [-0.2, 0) is 65.4 Å². The molecule has 0 fully saturated rings. The molecular weight excluding hydrogens is 1460 g/mol. The summed E-state index contributed by atoms with van der Waals surface area (Å²) in [7, 11) is -9.94. The number of aliphatic hydroxyl groups is 1. The number of aliphatic hydroxyl groups excluding tert-OH is 1. The van der Waals surface area contributed by atoms with E-state index in [0.29, 0.717) is 25.7 Å². The second-order valence-corrected chi connectivity index (χ2v) is 38.1. The molecule has 113 heavy (non-hydrogen) atoms. The minimum absolute atomic E-state index is 0.108. The predicted molar refractivity (Wildman–Crippen MR) is 469 cm³/mol. The number of unbranched alkanes of at least 4 members (excludes halogenated alkanes) is 60. The maximum absolute atomic E-state index is 13.2. The third-order valence-corrected chi connectivity index (χ3v) is 24.0. The Kier molecular flexibility index (Phi) is 82.3. The first-order chi connectivity index (χ1) is 54.7. The Morgan fingerprint density at radius 2 is 0.407 bits per heavy atom. The van der Waals surface area contributed by atoms with Gasteiger partial charge >= 0.3 is 39.5 Å². The average molecular weight is 1650 g/mol. The van der Waals surface area contributed by atoms with Crippen molar-refractivity contribution in [3.63, 3.8) is 0 Å².